The second-order valence-corrected chi connectivity index (χ2v) is 4.31. The lowest BCUT2D eigenvalue weighted by atomic mass is 9.72. The number of nitrogens with two attached hydrogens (primary N) is 1. The van der Waals surface area contributed by atoms with Crippen LogP contribution in [0.1, 0.15) is 26.2 Å². The number of hydrogen-bond donors (Lipinski definition) is 1. The molecular formula is C10H20N2. The summed E-state index contributed by atoms with van der Waals surface area (Å²) < 4.78 is 0. The van der Waals surface area contributed by atoms with E-state index in [2.05, 4.69) is 11.8 Å². The lowest BCUT2D eigenvalue weighted by Gasteiger charge is -2.49. The summed E-state index contributed by atoms with van der Waals surface area (Å²) in [6.45, 7) is 5.75. The molecule has 2 aliphatic heterocycles. The third-order valence-electron chi connectivity index (χ3n) is 3.81. The maximum Gasteiger partial charge on any atom is 0.00985 e. The lowest BCUT2D eigenvalue weighted by Crippen LogP contribution is -2.53. The van der Waals surface area contributed by atoms with Crippen molar-refractivity contribution in [2.24, 2.45) is 17.6 Å². The molecule has 2 bridgehead atoms. The SMILES string of the molecule is CCN1CC2CCC1CC2CN. The van der Waals surface area contributed by atoms with E-state index in [1.165, 1.54) is 32.4 Å². The van der Waals surface area contributed by atoms with Crippen molar-refractivity contribution in [1.82, 2.24) is 4.90 Å². The molecule has 2 nitrogen and oxygen atoms in total. The Kier molecular flexibility index (Phi) is 2.37. The molecule has 0 spiro atoms. The van der Waals surface area contributed by atoms with Gasteiger partial charge in [-0.05, 0) is 44.2 Å². The maximum absolute atomic E-state index is 5.76. The van der Waals surface area contributed by atoms with Gasteiger partial charge in [0.15, 0.2) is 0 Å². The number of fused-ring (bicyclic) bond motifs is 3. The van der Waals surface area contributed by atoms with Gasteiger partial charge in [-0.2, -0.15) is 0 Å². The van der Waals surface area contributed by atoms with Gasteiger partial charge < -0.3 is 10.6 Å². The summed E-state index contributed by atoms with van der Waals surface area (Å²) in [5.41, 5.74) is 5.76. The first kappa shape index (κ1) is 8.52. The quantitative estimate of drug-likeness (QED) is 0.668. The first-order valence-corrected chi connectivity index (χ1v) is 5.29. The smallest absolute Gasteiger partial charge is 0.00985 e. The van der Waals surface area contributed by atoms with Gasteiger partial charge in [-0.15, -0.1) is 0 Å². The standard InChI is InChI=1S/C10H20N2/c1-2-12-7-8-3-4-10(12)5-9(8)6-11/h8-10H,2-7,11H2,1H3. The van der Waals surface area contributed by atoms with Gasteiger partial charge in [0.05, 0.1) is 0 Å². The fourth-order valence-corrected chi connectivity index (χ4v) is 3.00. The van der Waals surface area contributed by atoms with Crippen LogP contribution in [-0.2, 0) is 0 Å². The Morgan fingerprint density at radius 2 is 2.25 bits per heavy atom. The number of rotatable bonds is 2. The van der Waals surface area contributed by atoms with Crippen molar-refractivity contribution in [3.63, 3.8) is 0 Å². The molecule has 12 heavy (non-hydrogen) atoms. The molecule has 0 aromatic carbocycles. The predicted octanol–water partition coefficient (Wildman–Crippen LogP) is 1.07. The zero-order chi connectivity index (χ0) is 8.55. The molecule has 3 unspecified atom stereocenters. The van der Waals surface area contributed by atoms with Gasteiger partial charge in [0.2, 0.25) is 0 Å². The minimum Gasteiger partial charge on any atom is -0.330 e. The van der Waals surface area contributed by atoms with Crippen LogP contribution >= 0.6 is 0 Å². The highest BCUT2D eigenvalue weighted by Gasteiger charge is 2.38. The summed E-state index contributed by atoms with van der Waals surface area (Å²) in [5.74, 6) is 1.76. The van der Waals surface area contributed by atoms with E-state index in [1.54, 1.807) is 0 Å². The average Bonchev–Trinajstić information content (AvgIpc) is 2.18. The Labute approximate surface area is 75.1 Å². The fraction of sp³-hybridized carbons (Fsp3) is 1.00. The number of piperidine rings is 2. The van der Waals surface area contributed by atoms with Crippen LogP contribution in [-0.4, -0.2) is 30.6 Å². The van der Waals surface area contributed by atoms with Gasteiger partial charge >= 0.3 is 0 Å². The van der Waals surface area contributed by atoms with Crippen molar-refractivity contribution in [3.8, 4) is 0 Å². The molecule has 0 aromatic heterocycles. The molecule has 3 aliphatic rings. The van der Waals surface area contributed by atoms with Crippen molar-refractivity contribution in [2.45, 2.75) is 32.2 Å². The van der Waals surface area contributed by atoms with E-state index in [0.29, 0.717) is 0 Å². The van der Waals surface area contributed by atoms with Gasteiger partial charge in [0, 0.05) is 12.6 Å². The summed E-state index contributed by atoms with van der Waals surface area (Å²) in [5, 5.41) is 0. The molecule has 2 heteroatoms. The lowest BCUT2D eigenvalue weighted by molar-refractivity contribution is 0.0122. The van der Waals surface area contributed by atoms with Crippen LogP contribution in [0, 0.1) is 11.8 Å². The zero-order valence-electron chi connectivity index (χ0n) is 8.00. The van der Waals surface area contributed by atoms with Crippen molar-refractivity contribution >= 4 is 0 Å². The summed E-state index contributed by atoms with van der Waals surface area (Å²) in [6, 6.07) is 0.869. The minimum atomic E-state index is 0.839. The van der Waals surface area contributed by atoms with E-state index < -0.39 is 0 Å². The topological polar surface area (TPSA) is 29.3 Å². The molecule has 2 N–H and O–H groups in total. The van der Waals surface area contributed by atoms with Crippen LogP contribution in [0.3, 0.4) is 0 Å². The van der Waals surface area contributed by atoms with Crippen molar-refractivity contribution < 1.29 is 0 Å². The highest BCUT2D eigenvalue weighted by atomic mass is 15.2. The summed E-state index contributed by atoms with van der Waals surface area (Å²) in [4.78, 5) is 2.64. The van der Waals surface area contributed by atoms with Crippen LogP contribution < -0.4 is 5.73 Å². The molecule has 0 radical (unpaired) electrons. The van der Waals surface area contributed by atoms with E-state index in [0.717, 1.165) is 24.4 Å². The summed E-state index contributed by atoms with van der Waals surface area (Å²) in [6.07, 6.45) is 4.23. The monoisotopic (exact) mass is 168 g/mol. The van der Waals surface area contributed by atoms with E-state index >= 15 is 0 Å². The predicted molar refractivity (Wildman–Crippen MR) is 50.9 cm³/mol. The molecule has 2 heterocycles. The van der Waals surface area contributed by atoms with Crippen LogP contribution in [0.25, 0.3) is 0 Å². The maximum atomic E-state index is 5.76. The van der Waals surface area contributed by atoms with Crippen molar-refractivity contribution in [2.75, 3.05) is 19.6 Å². The zero-order valence-corrected chi connectivity index (χ0v) is 8.00. The Bertz CT molecular complexity index is 140. The minimum absolute atomic E-state index is 0.839. The van der Waals surface area contributed by atoms with Crippen molar-refractivity contribution in [3.05, 3.63) is 0 Å². The van der Waals surface area contributed by atoms with E-state index in [9.17, 15) is 0 Å². The van der Waals surface area contributed by atoms with Gasteiger partial charge in [-0.25, -0.2) is 0 Å². The third kappa shape index (κ3) is 1.27. The molecule has 0 amide bonds. The second kappa shape index (κ2) is 3.35. The molecule has 3 fully saturated rings. The largest absolute Gasteiger partial charge is 0.330 e. The van der Waals surface area contributed by atoms with E-state index in [-0.39, 0.29) is 0 Å². The van der Waals surface area contributed by atoms with Gasteiger partial charge in [-0.3, -0.25) is 0 Å². The Hall–Kier alpha value is -0.0800. The third-order valence-corrected chi connectivity index (χ3v) is 3.81. The number of hydrogen-bond acceptors (Lipinski definition) is 2. The molecule has 70 valence electrons. The van der Waals surface area contributed by atoms with Gasteiger partial charge in [0.25, 0.3) is 0 Å². The van der Waals surface area contributed by atoms with Crippen LogP contribution in [0.4, 0.5) is 0 Å². The van der Waals surface area contributed by atoms with Gasteiger partial charge in [-0.1, -0.05) is 6.92 Å². The van der Waals surface area contributed by atoms with Crippen molar-refractivity contribution in [1.29, 1.82) is 0 Å². The molecule has 3 atom stereocenters. The Morgan fingerprint density at radius 3 is 2.75 bits per heavy atom. The summed E-state index contributed by atoms with van der Waals surface area (Å²) >= 11 is 0. The first-order valence-electron chi connectivity index (χ1n) is 5.29. The first-order chi connectivity index (χ1) is 5.85. The van der Waals surface area contributed by atoms with E-state index in [4.69, 9.17) is 5.73 Å². The molecule has 0 aromatic rings. The normalized spacial score (nSPS) is 42.0. The molecule has 2 saturated heterocycles. The molecule has 3 rings (SSSR count). The van der Waals surface area contributed by atoms with Crippen LogP contribution in [0.2, 0.25) is 0 Å². The molecule has 1 aliphatic carbocycles. The molecule has 1 saturated carbocycles. The van der Waals surface area contributed by atoms with E-state index in [1.807, 2.05) is 0 Å². The Balaban J connectivity index is 2.01. The fourth-order valence-electron chi connectivity index (χ4n) is 3.00. The number of nitrogens with zero attached hydrogens (tertiary/aromatic N) is 1. The van der Waals surface area contributed by atoms with Crippen LogP contribution in [0.5, 0.6) is 0 Å². The Morgan fingerprint density at radius 1 is 1.42 bits per heavy atom. The highest BCUT2D eigenvalue weighted by Crippen LogP contribution is 2.38. The second-order valence-electron chi connectivity index (χ2n) is 4.31. The average molecular weight is 168 g/mol. The van der Waals surface area contributed by atoms with Gasteiger partial charge in [0.1, 0.15) is 0 Å². The van der Waals surface area contributed by atoms with Crippen LogP contribution in [0.15, 0.2) is 0 Å². The summed E-state index contributed by atoms with van der Waals surface area (Å²) in [7, 11) is 0. The highest BCUT2D eigenvalue weighted by molar-refractivity contribution is 4.92. The molecular weight excluding hydrogens is 148 g/mol.